The highest BCUT2D eigenvalue weighted by Gasteiger charge is 2.11. The lowest BCUT2D eigenvalue weighted by Gasteiger charge is -2.00. The van der Waals surface area contributed by atoms with Crippen LogP contribution in [0.15, 0.2) is 29.4 Å². The Bertz CT molecular complexity index is 360. The third kappa shape index (κ3) is 2.72. The van der Waals surface area contributed by atoms with Crippen LogP contribution >= 0.6 is 23.2 Å². The summed E-state index contributed by atoms with van der Waals surface area (Å²) in [4.78, 5) is 15.4. The molecule has 0 atom stereocenters. The number of carbonyl (C=O) groups is 1. The lowest BCUT2D eigenvalue weighted by atomic mass is 10.1. The van der Waals surface area contributed by atoms with Crippen LogP contribution in [0.5, 0.6) is 0 Å². The Morgan fingerprint density at radius 1 is 1.36 bits per heavy atom. The molecule has 0 aliphatic heterocycles. The maximum Gasteiger partial charge on any atom is 0.274 e. The minimum absolute atomic E-state index is 0.0610. The molecule has 1 aromatic rings. The molecule has 0 heterocycles. The Hall–Kier alpha value is -1.06. The van der Waals surface area contributed by atoms with Crippen LogP contribution < -0.4 is 0 Å². The number of benzene rings is 1. The van der Waals surface area contributed by atoms with Crippen LogP contribution in [-0.4, -0.2) is 18.1 Å². The average molecular weight is 232 g/mol. The molecule has 0 saturated heterocycles. The first-order valence-corrected chi connectivity index (χ1v) is 4.47. The SMILES string of the molecule is CO/N=C(\C(=O)Cl)c1ccc(Cl)cc1. The van der Waals surface area contributed by atoms with Gasteiger partial charge in [-0.2, -0.15) is 0 Å². The normalized spacial score (nSPS) is 11.2. The van der Waals surface area contributed by atoms with E-state index in [1.165, 1.54) is 7.11 Å². The molecule has 0 spiro atoms. The van der Waals surface area contributed by atoms with Gasteiger partial charge in [0, 0.05) is 10.6 Å². The third-order valence-corrected chi connectivity index (χ3v) is 1.92. The predicted molar refractivity (Wildman–Crippen MR) is 55.9 cm³/mol. The molecule has 1 aromatic carbocycles. The van der Waals surface area contributed by atoms with E-state index in [0.717, 1.165) is 0 Å². The molecular weight excluding hydrogens is 225 g/mol. The van der Waals surface area contributed by atoms with Crippen LogP contribution in [-0.2, 0) is 9.63 Å². The number of hydrogen-bond donors (Lipinski definition) is 0. The van der Waals surface area contributed by atoms with Crippen molar-refractivity contribution in [1.82, 2.24) is 0 Å². The van der Waals surface area contributed by atoms with E-state index < -0.39 is 5.24 Å². The molecule has 5 heteroatoms. The van der Waals surface area contributed by atoms with Gasteiger partial charge in [-0.1, -0.05) is 28.9 Å². The topological polar surface area (TPSA) is 38.7 Å². The summed E-state index contributed by atoms with van der Waals surface area (Å²) in [5.74, 6) is 0. The summed E-state index contributed by atoms with van der Waals surface area (Å²) >= 11 is 11.0. The second kappa shape index (κ2) is 4.98. The predicted octanol–water partition coefficient (Wildman–Crippen LogP) is 2.46. The number of carbonyl (C=O) groups excluding carboxylic acids is 1. The molecule has 0 saturated carbocycles. The van der Waals surface area contributed by atoms with Crippen LogP contribution in [0, 0.1) is 0 Å². The van der Waals surface area contributed by atoms with E-state index in [1.54, 1.807) is 24.3 Å². The Kier molecular flexibility index (Phi) is 3.92. The molecule has 0 amide bonds. The van der Waals surface area contributed by atoms with Gasteiger partial charge in [-0.05, 0) is 23.7 Å². The maximum atomic E-state index is 10.9. The highest BCUT2D eigenvalue weighted by Crippen LogP contribution is 2.11. The molecule has 0 aromatic heterocycles. The van der Waals surface area contributed by atoms with Crippen molar-refractivity contribution in [1.29, 1.82) is 0 Å². The molecule has 0 fully saturated rings. The van der Waals surface area contributed by atoms with Crippen molar-refractivity contribution in [2.45, 2.75) is 0 Å². The van der Waals surface area contributed by atoms with Crippen molar-refractivity contribution >= 4 is 34.2 Å². The van der Waals surface area contributed by atoms with Gasteiger partial charge in [0.15, 0.2) is 5.71 Å². The number of nitrogens with zero attached hydrogens (tertiary/aromatic N) is 1. The summed E-state index contributed by atoms with van der Waals surface area (Å²) in [5.41, 5.74) is 0.627. The van der Waals surface area contributed by atoms with Crippen molar-refractivity contribution in [3.63, 3.8) is 0 Å². The second-order valence-electron chi connectivity index (χ2n) is 2.40. The lowest BCUT2D eigenvalue weighted by molar-refractivity contribution is -0.106. The highest BCUT2D eigenvalue weighted by atomic mass is 35.5. The van der Waals surface area contributed by atoms with E-state index in [9.17, 15) is 4.79 Å². The molecule has 0 N–H and O–H groups in total. The van der Waals surface area contributed by atoms with Crippen molar-refractivity contribution < 1.29 is 9.63 Å². The van der Waals surface area contributed by atoms with E-state index >= 15 is 0 Å². The minimum atomic E-state index is -0.672. The van der Waals surface area contributed by atoms with Gasteiger partial charge in [0.2, 0.25) is 0 Å². The van der Waals surface area contributed by atoms with E-state index in [-0.39, 0.29) is 5.71 Å². The Labute approximate surface area is 91.3 Å². The van der Waals surface area contributed by atoms with Crippen LogP contribution in [0.2, 0.25) is 5.02 Å². The fourth-order valence-electron chi connectivity index (χ4n) is 0.901. The quantitative estimate of drug-likeness (QED) is 0.456. The number of halogens is 2. The van der Waals surface area contributed by atoms with Crippen molar-refractivity contribution in [3.8, 4) is 0 Å². The number of oxime groups is 1. The molecule has 0 aliphatic rings. The first-order valence-electron chi connectivity index (χ1n) is 3.72. The fourth-order valence-corrected chi connectivity index (χ4v) is 1.17. The average Bonchev–Trinajstić information content (AvgIpc) is 2.15. The van der Waals surface area contributed by atoms with Gasteiger partial charge in [0.05, 0.1) is 0 Å². The number of rotatable bonds is 3. The molecule has 0 unspecified atom stereocenters. The van der Waals surface area contributed by atoms with E-state index in [0.29, 0.717) is 10.6 Å². The Morgan fingerprint density at radius 2 is 1.93 bits per heavy atom. The van der Waals surface area contributed by atoms with Crippen LogP contribution in [0.25, 0.3) is 0 Å². The zero-order chi connectivity index (χ0) is 10.6. The zero-order valence-electron chi connectivity index (χ0n) is 7.33. The van der Waals surface area contributed by atoms with Gasteiger partial charge in [-0.25, -0.2) is 0 Å². The molecule has 1 rings (SSSR count). The standard InChI is InChI=1S/C9H7Cl2NO2/c1-14-12-8(9(11)13)6-2-4-7(10)5-3-6/h2-5H,1H3/b12-8-. The minimum Gasteiger partial charge on any atom is -0.398 e. The smallest absolute Gasteiger partial charge is 0.274 e. The summed E-state index contributed by atoms with van der Waals surface area (Å²) in [6.45, 7) is 0. The van der Waals surface area contributed by atoms with E-state index in [2.05, 4.69) is 9.99 Å². The van der Waals surface area contributed by atoms with Crippen LogP contribution in [0.3, 0.4) is 0 Å². The summed E-state index contributed by atoms with van der Waals surface area (Å²) in [7, 11) is 1.34. The first kappa shape index (κ1) is 11.0. The van der Waals surface area contributed by atoms with E-state index in [4.69, 9.17) is 23.2 Å². The third-order valence-electron chi connectivity index (χ3n) is 1.49. The van der Waals surface area contributed by atoms with Gasteiger partial charge >= 0.3 is 0 Å². The lowest BCUT2D eigenvalue weighted by Crippen LogP contribution is -2.09. The largest absolute Gasteiger partial charge is 0.398 e. The Balaban J connectivity index is 3.06. The summed E-state index contributed by atoms with van der Waals surface area (Å²) in [6, 6.07) is 6.56. The Morgan fingerprint density at radius 3 is 2.36 bits per heavy atom. The molecule has 0 bridgehead atoms. The van der Waals surface area contributed by atoms with Crippen LogP contribution in [0.4, 0.5) is 0 Å². The number of hydrogen-bond acceptors (Lipinski definition) is 3. The van der Waals surface area contributed by atoms with Gasteiger partial charge < -0.3 is 4.84 Å². The van der Waals surface area contributed by atoms with Crippen LogP contribution in [0.1, 0.15) is 5.56 Å². The molecule has 74 valence electrons. The van der Waals surface area contributed by atoms with Crippen molar-refractivity contribution in [2.24, 2.45) is 5.16 Å². The van der Waals surface area contributed by atoms with Crippen molar-refractivity contribution in [2.75, 3.05) is 7.11 Å². The summed E-state index contributed by atoms with van der Waals surface area (Å²) < 4.78 is 0. The summed E-state index contributed by atoms with van der Waals surface area (Å²) in [6.07, 6.45) is 0. The maximum absolute atomic E-state index is 10.9. The van der Waals surface area contributed by atoms with Crippen molar-refractivity contribution in [3.05, 3.63) is 34.9 Å². The first-order chi connectivity index (χ1) is 6.65. The van der Waals surface area contributed by atoms with Gasteiger partial charge in [-0.3, -0.25) is 4.79 Å². The molecule has 14 heavy (non-hydrogen) atoms. The zero-order valence-corrected chi connectivity index (χ0v) is 8.84. The molecule has 3 nitrogen and oxygen atoms in total. The van der Waals surface area contributed by atoms with Gasteiger partial charge in [-0.15, -0.1) is 0 Å². The second-order valence-corrected chi connectivity index (χ2v) is 3.18. The molecular formula is C9H7Cl2NO2. The molecule has 0 aliphatic carbocycles. The van der Waals surface area contributed by atoms with Gasteiger partial charge in [0.1, 0.15) is 7.11 Å². The van der Waals surface area contributed by atoms with E-state index in [1.807, 2.05) is 0 Å². The highest BCUT2D eigenvalue weighted by molar-refractivity contribution is 6.84. The van der Waals surface area contributed by atoms with Gasteiger partial charge in [0.25, 0.3) is 5.24 Å². The fraction of sp³-hybridized carbons (Fsp3) is 0.111. The summed E-state index contributed by atoms with van der Waals surface area (Å²) in [5, 5.41) is 3.42. The monoisotopic (exact) mass is 231 g/mol. The molecule has 0 radical (unpaired) electrons.